The van der Waals surface area contributed by atoms with Crippen LogP contribution in [0.1, 0.15) is 26.2 Å². The second-order valence-electron chi connectivity index (χ2n) is 8.24. The minimum absolute atomic E-state index is 0.109. The molecule has 1 aromatic heterocycles. The van der Waals surface area contributed by atoms with Crippen molar-refractivity contribution in [3.05, 3.63) is 72.1 Å². The van der Waals surface area contributed by atoms with E-state index in [1.165, 1.54) is 5.57 Å². The van der Waals surface area contributed by atoms with E-state index in [2.05, 4.69) is 35.5 Å². The summed E-state index contributed by atoms with van der Waals surface area (Å²) in [5, 5.41) is 14.2. The number of carbonyl (C=O) groups is 1. The Labute approximate surface area is 190 Å². The molecule has 2 unspecified atom stereocenters. The number of allylic oxidation sites excluding steroid dienone is 5. The Morgan fingerprint density at radius 2 is 2.09 bits per heavy atom. The van der Waals surface area contributed by atoms with Crippen LogP contribution < -0.4 is 11.1 Å². The number of amides is 1. The number of carbonyl (C=O) groups excluding carboxylic acids is 1. The zero-order valence-corrected chi connectivity index (χ0v) is 18.8. The van der Waals surface area contributed by atoms with Gasteiger partial charge in [-0.15, -0.1) is 0 Å². The fourth-order valence-corrected chi connectivity index (χ4v) is 3.87. The van der Waals surface area contributed by atoms with Crippen LogP contribution in [0, 0.1) is 11.8 Å². The number of nitrogens with zero attached hydrogens (tertiary/aromatic N) is 1. The molecule has 1 aliphatic carbocycles. The summed E-state index contributed by atoms with van der Waals surface area (Å²) in [6, 6.07) is 7.71. The van der Waals surface area contributed by atoms with Gasteiger partial charge in [0.2, 0.25) is 5.91 Å². The van der Waals surface area contributed by atoms with Crippen LogP contribution in [0.25, 0.3) is 10.8 Å². The molecule has 0 bridgehead atoms. The molecule has 168 valence electrons. The van der Waals surface area contributed by atoms with Gasteiger partial charge in [-0.25, -0.2) is 0 Å². The van der Waals surface area contributed by atoms with Gasteiger partial charge in [-0.1, -0.05) is 42.9 Å². The summed E-state index contributed by atoms with van der Waals surface area (Å²) in [7, 11) is -0.718. The molecule has 2 atom stereocenters. The number of pyridine rings is 1. The van der Waals surface area contributed by atoms with Crippen molar-refractivity contribution in [3.8, 4) is 0 Å². The number of aromatic nitrogens is 1. The Morgan fingerprint density at radius 1 is 1.25 bits per heavy atom. The van der Waals surface area contributed by atoms with Crippen LogP contribution >= 0.6 is 0 Å². The summed E-state index contributed by atoms with van der Waals surface area (Å²) >= 11 is 0. The summed E-state index contributed by atoms with van der Waals surface area (Å²) < 4.78 is 5.19. The van der Waals surface area contributed by atoms with Gasteiger partial charge in [0.05, 0.1) is 5.92 Å². The number of nitrogens with one attached hydrogen (secondary N) is 1. The van der Waals surface area contributed by atoms with Crippen molar-refractivity contribution in [3.63, 3.8) is 0 Å². The largest absolute Gasteiger partial charge is 0.450 e. The van der Waals surface area contributed by atoms with Gasteiger partial charge >= 0.3 is 7.12 Å². The van der Waals surface area contributed by atoms with Crippen molar-refractivity contribution in [2.75, 3.05) is 18.5 Å². The van der Waals surface area contributed by atoms with E-state index in [4.69, 9.17) is 15.4 Å². The van der Waals surface area contributed by atoms with Crippen molar-refractivity contribution >= 4 is 29.5 Å². The van der Waals surface area contributed by atoms with Gasteiger partial charge in [0, 0.05) is 36.6 Å². The first-order valence-electron chi connectivity index (χ1n) is 11.2. The van der Waals surface area contributed by atoms with E-state index in [1.807, 2.05) is 30.3 Å². The van der Waals surface area contributed by atoms with Gasteiger partial charge in [-0.2, -0.15) is 0 Å². The molecule has 1 aromatic carbocycles. The first-order chi connectivity index (χ1) is 15.5. The smallest absolute Gasteiger partial charge is 0.427 e. The van der Waals surface area contributed by atoms with Crippen LogP contribution in [0.4, 0.5) is 5.69 Å². The van der Waals surface area contributed by atoms with Gasteiger partial charge in [0.1, 0.15) is 0 Å². The van der Waals surface area contributed by atoms with E-state index in [1.54, 1.807) is 19.2 Å². The first kappa shape index (κ1) is 23.9. The summed E-state index contributed by atoms with van der Waals surface area (Å²) in [5.41, 5.74) is 8.94. The van der Waals surface area contributed by atoms with Gasteiger partial charge < -0.3 is 20.7 Å². The van der Waals surface area contributed by atoms with Crippen LogP contribution in [0.3, 0.4) is 0 Å². The standard InChI is InChI=1S/C25H32BN3O3/c1-18-13-19(5-3-4-12-32-26(2)31)6-7-21(14-18)24(16-27)25(30)29-23-9-8-22-17-28-11-10-20(22)15-23/h6-11,13-15,17-18,24,31H,3-5,12,16,27H2,1-2H3,(H,29,30). The molecular weight excluding hydrogens is 401 g/mol. The number of hydrogen-bond acceptors (Lipinski definition) is 5. The van der Waals surface area contributed by atoms with Crippen molar-refractivity contribution in [1.29, 1.82) is 0 Å². The van der Waals surface area contributed by atoms with Crippen LogP contribution in [-0.2, 0) is 9.45 Å². The first-order valence-corrected chi connectivity index (χ1v) is 11.2. The SMILES string of the molecule is CB(O)OCCCCC1=CC(C)C=C(C(CN)C(=O)Nc2ccc3cnccc3c2)C=C1. The minimum Gasteiger partial charge on any atom is -0.427 e. The van der Waals surface area contributed by atoms with Crippen LogP contribution in [0.2, 0.25) is 6.82 Å². The maximum Gasteiger partial charge on any atom is 0.450 e. The molecule has 0 fully saturated rings. The lowest BCUT2D eigenvalue weighted by atomic mass is 9.95. The van der Waals surface area contributed by atoms with Gasteiger partial charge in [0.25, 0.3) is 0 Å². The van der Waals surface area contributed by atoms with Crippen LogP contribution in [-0.4, -0.2) is 36.2 Å². The second-order valence-corrected chi connectivity index (χ2v) is 8.24. The van der Waals surface area contributed by atoms with E-state index in [9.17, 15) is 4.79 Å². The van der Waals surface area contributed by atoms with Crippen LogP contribution in [0.5, 0.6) is 0 Å². The van der Waals surface area contributed by atoms with Crippen molar-refractivity contribution in [2.45, 2.75) is 33.0 Å². The molecule has 1 amide bonds. The van der Waals surface area contributed by atoms with Crippen LogP contribution in [0.15, 0.2) is 72.1 Å². The molecular formula is C25H32BN3O3. The Balaban J connectivity index is 1.62. The number of unbranched alkanes of at least 4 members (excludes halogenated alkanes) is 1. The Kier molecular flexibility index (Phi) is 8.79. The molecule has 1 aliphatic rings. The molecule has 2 aromatic rings. The summed E-state index contributed by atoms with van der Waals surface area (Å²) in [4.78, 5) is 17.2. The molecule has 0 saturated heterocycles. The number of anilines is 1. The average Bonchev–Trinajstić information content (AvgIpc) is 2.94. The molecule has 6 nitrogen and oxygen atoms in total. The molecule has 0 radical (unpaired) electrons. The van der Waals surface area contributed by atoms with Crippen molar-refractivity contribution < 1.29 is 14.5 Å². The predicted octanol–water partition coefficient (Wildman–Crippen LogP) is 4.10. The molecule has 0 aliphatic heterocycles. The highest BCUT2D eigenvalue weighted by atomic mass is 16.5. The van der Waals surface area contributed by atoms with E-state index in [0.717, 1.165) is 41.3 Å². The van der Waals surface area contributed by atoms with Crippen molar-refractivity contribution in [1.82, 2.24) is 4.98 Å². The fourth-order valence-electron chi connectivity index (χ4n) is 3.87. The van der Waals surface area contributed by atoms with E-state index in [-0.39, 0.29) is 18.4 Å². The number of nitrogens with two attached hydrogens (primary N) is 1. The lowest BCUT2D eigenvalue weighted by Gasteiger charge is -2.17. The summed E-state index contributed by atoms with van der Waals surface area (Å²) in [6.07, 6.45) is 14.8. The highest BCUT2D eigenvalue weighted by Crippen LogP contribution is 2.25. The monoisotopic (exact) mass is 433 g/mol. The minimum atomic E-state index is -0.718. The normalized spacial score (nSPS) is 16.8. The summed E-state index contributed by atoms with van der Waals surface area (Å²) in [5.74, 6) is -0.324. The molecule has 7 heteroatoms. The maximum atomic E-state index is 13.0. The highest BCUT2D eigenvalue weighted by Gasteiger charge is 2.22. The third-order valence-electron chi connectivity index (χ3n) is 5.50. The molecule has 0 saturated carbocycles. The lowest BCUT2D eigenvalue weighted by Crippen LogP contribution is -2.30. The third kappa shape index (κ3) is 6.89. The Morgan fingerprint density at radius 3 is 2.88 bits per heavy atom. The maximum absolute atomic E-state index is 13.0. The average molecular weight is 433 g/mol. The third-order valence-corrected chi connectivity index (χ3v) is 5.50. The number of rotatable bonds is 10. The zero-order valence-electron chi connectivity index (χ0n) is 18.8. The number of hydrogen-bond donors (Lipinski definition) is 3. The molecule has 4 N–H and O–H groups in total. The molecule has 32 heavy (non-hydrogen) atoms. The zero-order chi connectivity index (χ0) is 22.9. The Bertz CT molecular complexity index is 1020. The Hall–Kier alpha value is -2.74. The van der Waals surface area contributed by atoms with E-state index in [0.29, 0.717) is 6.61 Å². The van der Waals surface area contributed by atoms with Crippen molar-refractivity contribution in [2.24, 2.45) is 17.6 Å². The lowest BCUT2D eigenvalue weighted by molar-refractivity contribution is -0.118. The molecule has 0 spiro atoms. The topological polar surface area (TPSA) is 97.5 Å². The molecule has 1 heterocycles. The summed E-state index contributed by atoms with van der Waals surface area (Å²) in [6.45, 7) is 4.52. The van der Waals surface area contributed by atoms with Gasteiger partial charge in [0.15, 0.2) is 0 Å². The van der Waals surface area contributed by atoms with E-state index >= 15 is 0 Å². The highest BCUT2D eigenvalue weighted by molar-refractivity contribution is 6.40. The molecule has 3 rings (SSSR count). The number of fused-ring (bicyclic) bond motifs is 1. The van der Waals surface area contributed by atoms with E-state index < -0.39 is 13.0 Å². The van der Waals surface area contributed by atoms with Gasteiger partial charge in [-0.05, 0) is 61.2 Å². The predicted molar refractivity (Wildman–Crippen MR) is 131 cm³/mol. The van der Waals surface area contributed by atoms with Gasteiger partial charge in [-0.3, -0.25) is 9.78 Å². The quantitative estimate of drug-likeness (QED) is 0.387. The second kappa shape index (κ2) is 11.8. The fraction of sp³-hybridized carbons (Fsp3) is 0.360. The number of benzene rings is 1.